The minimum atomic E-state index is -1.04. The molecule has 0 aliphatic rings. The van der Waals surface area contributed by atoms with Gasteiger partial charge in [-0.2, -0.15) is 0 Å². The topological polar surface area (TPSA) is 113 Å². The van der Waals surface area contributed by atoms with Gasteiger partial charge in [0.1, 0.15) is 17.9 Å². The van der Waals surface area contributed by atoms with Crippen molar-refractivity contribution in [2.24, 2.45) is 0 Å². The van der Waals surface area contributed by atoms with Crippen LogP contribution in [-0.2, 0) is 14.3 Å². The van der Waals surface area contributed by atoms with Gasteiger partial charge in [0.05, 0.1) is 7.11 Å². The second-order valence-corrected chi connectivity index (χ2v) is 6.75. The number of carbonyl (C=O) groups excluding carboxylic acids is 3. The normalized spacial score (nSPS) is 13.1. The van der Waals surface area contributed by atoms with Crippen molar-refractivity contribution in [3.8, 4) is 17.2 Å². The van der Waals surface area contributed by atoms with E-state index in [0.717, 1.165) is 0 Å². The maximum absolute atomic E-state index is 12.7. The summed E-state index contributed by atoms with van der Waals surface area (Å²) < 4.78 is 21.4. The van der Waals surface area contributed by atoms with E-state index < -0.39 is 36.1 Å². The number of rotatable bonds is 10. The molecular formula is C23H26N2O7. The highest BCUT2D eigenvalue weighted by Crippen LogP contribution is 2.29. The molecule has 1 N–H and O–H groups in total. The lowest BCUT2D eigenvalue weighted by Gasteiger charge is -2.24. The minimum Gasteiger partial charge on any atom is -0.493 e. The van der Waals surface area contributed by atoms with Crippen LogP contribution in [0.1, 0.15) is 31.3 Å². The van der Waals surface area contributed by atoms with Gasteiger partial charge in [-0.05, 0) is 32.1 Å². The molecule has 0 saturated heterocycles. The Bertz CT molecular complexity index is 962. The fourth-order valence-corrected chi connectivity index (χ4v) is 2.67. The number of benzene rings is 1. The zero-order valence-electron chi connectivity index (χ0n) is 18.4. The largest absolute Gasteiger partial charge is 0.493 e. The van der Waals surface area contributed by atoms with Gasteiger partial charge in [-0.15, -0.1) is 0 Å². The zero-order chi connectivity index (χ0) is 23.7. The molecule has 1 aromatic heterocycles. The van der Waals surface area contributed by atoms with Crippen molar-refractivity contribution in [3.05, 3.63) is 60.9 Å². The smallest absolute Gasteiger partial charge is 0.329 e. The third kappa shape index (κ3) is 6.56. The Morgan fingerprint density at radius 3 is 2.41 bits per heavy atom. The summed E-state index contributed by atoms with van der Waals surface area (Å²) in [4.78, 5) is 40.6. The van der Waals surface area contributed by atoms with Crippen LogP contribution in [0.2, 0.25) is 0 Å². The summed E-state index contributed by atoms with van der Waals surface area (Å²) in [6.07, 6.45) is 1.49. The molecule has 1 aromatic carbocycles. The van der Waals surface area contributed by atoms with Crippen LogP contribution in [0.25, 0.3) is 0 Å². The predicted octanol–water partition coefficient (Wildman–Crippen LogP) is 2.70. The Labute approximate surface area is 186 Å². The number of methoxy groups -OCH3 is 1. The van der Waals surface area contributed by atoms with Crippen LogP contribution in [0, 0.1) is 0 Å². The van der Waals surface area contributed by atoms with E-state index in [9.17, 15) is 14.4 Å². The zero-order valence-corrected chi connectivity index (χ0v) is 18.4. The standard InChI is InChI=1S/C23H26N2O7/c1-6-18(15(3)30-17-10-8-7-9-11-17)32-23(28)14(2)25-22(27)20-21(31-16(4)26)19(29-5)12-13-24-20/h6-15,18H,1H2,2-5H3,(H,25,27)/t14-,15-,18+/m0/s1. The van der Waals surface area contributed by atoms with Gasteiger partial charge < -0.3 is 24.3 Å². The molecule has 0 fully saturated rings. The number of para-hydroxylation sites is 1. The Hall–Kier alpha value is -3.88. The first kappa shape index (κ1) is 24.4. The molecule has 0 spiro atoms. The molecule has 0 saturated carbocycles. The van der Waals surface area contributed by atoms with Crippen molar-refractivity contribution >= 4 is 17.8 Å². The van der Waals surface area contributed by atoms with E-state index in [1.165, 1.54) is 39.3 Å². The van der Waals surface area contributed by atoms with E-state index in [0.29, 0.717) is 5.75 Å². The summed E-state index contributed by atoms with van der Waals surface area (Å²) in [7, 11) is 1.36. The van der Waals surface area contributed by atoms with Crippen LogP contribution < -0.4 is 19.5 Å². The summed E-state index contributed by atoms with van der Waals surface area (Å²) >= 11 is 0. The third-order valence-electron chi connectivity index (χ3n) is 4.26. The van der Waals surface area contributed by atoms with Crippen molar-refractivity contribution in [3.63, 3.8) is 0 Å². The maximum atomic E-state index is 12.7. The van der Waals surface area contributed by atoms with Gasteiger partial charge in [0.2, 0.25) is 5.75 Å². The number of pyridine rings is 1. The van der Waals surface area contributed by atoms with Crippen LogP contribution in [0.15, 0.2) is 55.3 Å². The molecule has 170 valence electrons. The average Bonchev–Trinajstić information content (AvgIpc) is 2.77. The van der Waals surface area contributed by atoms with Crippen LogP contribution in [0.3, 0.4) is 0 Å². The molecule has 0 aliphatic heterocycles. The summed E-state index contributed by atoms with van der Waals surface area (Å²) in [6.45, 7) is 8.06. The first-order valence-corrected chi connectivity index (χ1v) is 9.83. The van der Waals surface area contributed by atoms with Gasteiger partial charge in [-0.1, -0.05) is 24.8 Å². The molecule has 3 atom stereocenters. The molecule has 2 rings (SSSR count). The van der Waals surface area contributed by atoms with Gasteiger partial charge >= 0.3 is 11.9 Å². The number of carbonyl (C=O) groups is 3. The van der Waals surface area contributed by atoms with Crippen molar-refractivity contribution < 1.29 is 33.3 Å². The summed E-state index contributed by atoms with van der Waals surface area (Å²) in [5.74, 6) is -1.48. The van der Waals surface area contributed by atoms with E-state index >= 15 is 0 Å². The van der Waals surface area contributed by atoms with Crippen LogP contribution in [-0.4, -0.2) is 48.2 Å². The quantitative estimate of drug-likeness (QED) is 0.441. The predicted molar refractivity (Wildman–Crippen MR) is 116 cm³/mol. The molecule has 0 bridgehead atoms. The molecule has 32 heavy (non-hydrogen) atoms. The number of amides is 1. The summed E-state index contributed by atoms with van der Waals surface area (Å²) in [5.41, 5.74) is -0.208. The molecule has 0 unspecified atom stereocenters. The number of aromatic nitrogens is 1. The molecule has 1 heterocycles. The highest BCUT2D eigenvalue weighted by atomic mass is 16.6. The first-order valence-electron chi connectivity index (χ1n) is 9.83. The number of esters is 2. The number of nitrogens with one attached hydrogen (secondary N) is 1. The van der Waals surface area contributed by atoms with Crippen LogP contribution in [0.4, 0.5) is 0 Å². The van der Waals surface area contributed by atoms with Gasteiger partial charge in [-0.3, -0.25) is 9.59 Å². The Balaban J connectivity index is 2.06. The Morgan fingerprint density at radius 2 is 1.81 bits per heavy atom. The van der Waals surface area contributed by atoms with Gasteiger partial charge in [0, 0.05) is 19.2 Å². The van der Waals surface area contributed by atoms with E-state index in [1.807, 2.05) is 18.2 Å². The summed E-state index contributed by atoms with van der Waals surface area (Å²) in [5, 5.41) is 2.48. The van der Waals surface area contributed by atoms with Crippen molar-refractivity contribution in [2.75, 3.05) is 7.11 Å². The van der Waals surface area contributed by atoms with Crippen LogP contribution >= 0.6 is 0 Å². The number of hydrogen-bond acceptors (Lipinski definition) is 8. The molecule has 9 heteroatoms. The Morgan fingerprint density at radius 1 is 1.12 bits per heavy atom. The lowest BCUT2D eigenvalue weighted by Crippen LogP contribution is -2.43. The van der Waals surface area contributed by atoms with Crippen LogP contribution in [0.5, 0.6) is 17.2 Å². The second-order valence-electron chi connectivity index (χ2n) is 6.75. The first-order chi connectivity index (χ1) is 15.3. The fraction of sp³-hybridized carbons (Fsp3) is 0.304. The molecule has 1 amide bonds. The minimum absolute atomic E-state index is 0.144. The Kier molecular flexibility index (Phi) is 8.76. The molecule has 9 nitrogen and oxygen atoms in total. The monoisotopic (exact) mass is 442 g/mol. The van der Waals surface area contributed by atoms with Gasteiger partial charge in [0.15, 0.2) is 17.5 Å². The van der Waals surface area contributed by atoms with Gasteiger partial charge in [-0.25, -0.2) is 9.78 Å². The van der Waals surface area contributed by atoms with Crippen molar-refractivity contribution in [2.45, 2.75) is 39.0 Å². The van der Waals surface area contributed by atoms with E-state index in [-0.39, 0.29) is 17.2 Å². The average molecular weight is 442 g/mol. The molecule has 2 aromatic rings. The maximum Gasteiger partial charge on any atom is 0.329 e. The van der Waals surface area contributed by atoms with E-state index in [4.69, 9.17) is 18.9 Å². The number of nitrogens with zero attached hydrogens (tertiary/aromatic N) is 1. The van der Waals surface area contributed by atoms with Crippen molar-refractivity contribution in [1.29, 1.82) is 0 Å². The third-order valence-corrected chi connectivity index (χ3v) is 4.26. The fourth-order valence-electron chi connectivity index (χ4n) is 2.67. The lowest BCUT2D eigenvalue weighted by molar-refractivity contribution is -0.152. The van der Waals surface area contributed by atoms with Crippen molar-refractivity contribution in [1.82, 2.24) is 10.3 Å². The molecule has 0 aliphatic carbocycles. The highest BCUT2D eigenvalue weighted by Gasteiger charge is 2.27. The molecular weight excluding hydrogens is 416 g/mol. The van der Waals surface area contributed by atoms with Gasteiger partial charge in [0.25, 0.3) is 5.91 Å². The van der Waals surface area contributed by atoms with E-state index in [2.05, 4.69) is 16.9 Å². The SMILES string of the molecule is C=C[C@@H](OC(=O)[C@H](C)NC(=O)c1nccc(OC)c1OC(C)=O)[C@H](C)Oc1ccccc1. The molecule has 0 radical (unpaired) electrons. The van der Waals surface area contributed by atoms with E-state index in [1.54, 1.807) is 19.1 Å². The summed E-state index contributed by atoms with van der Waals surface area (Å²) in [6, 6.07) is 9.47. The number of hydrogen-bond donors (Lipinski definition) is 1. The lowest BCUT2D eigenvalue weighted by atomic mass is 10.2. The number of ether oxygens (including phenoxy) is 4. The highest BCUT2D eigenvalue weighted by molar-refractivity contribution is 5.98. The second kappa shape index (κ2) is 11.5.